The van der Waals surface area contributed by atoms with Crippen molar-refractivity contribution < 1.29 is 14.3 Å². The van der Waals surface area contributed by atoms with Gasteiger partial charge < -0.3 is 14.8 Å². The van der Waals surface area contributed by atoms with Crippen molar-refractivity contribution in [2.24, 2.45) is 5.92 Å². The summed E-state index contributed by atoms with van der Waals surface area (Å²) in [6.45, 7) is 2.81. The van der Waals surface area contributed by atoms with Gasteiger partial charge in [-0.1, -0.05) is 25.1 Å². The number of furan rings is 1. The topological polar surface area (TPSA) is 62.5 Å². The molecule has 0 aliphatic heterocycles. The highest BCUT2D eigenvalue weighted by molar-refractivity contribution is 5.95. The molecule has 1 saturated carbocycles. The Morgan fingerprint density at radius 2 is 2.20 bits per heavy atom. The zero-order valence-corrected chi connectivity index (χ0v) is 11.6. The van der Waals surface area contributed by atoms with E-state index in [-0.39, 0.29) is 5.76 Å². The van der Waals surface area contributed by atoms with Gasteiger partial charge in [-0.15, -0.1) is 0 Å². The number of nitrogens with one attached hydrogen (secondary N) is 1. The van der Waals surface area contributed by atoms with E-state index in [1.807, 2.05) is 24.3 Å². The van der Waals surface area contributed by atoms with E-state index < -0.39 is 5.97 Å². The molecule has 20 heavy (non-hydrogen) atoms. The molecule has 2 aromatic rings. The van der Waals surface area contributed by atoms with E-state index in [9.17, 15) is 9.90 Å². The molecule has 1 heterocycles. The van der Waals surface area contributed by atoms with Crippen molar-refractivity contribution in [2.75, 3.05) is 0 Å². The van der Waals surface area contributed by atoms with Gasteiger partial charge in [0.05, 0.1) is 0 Å². The highest BCUT2D eigenvalue weighted by Gasteiger charge is 2.23. The minimum absolute atomic E-state index is 0.0599. The fourth-order valence-corrected chi connectivity index (χ4v) is 3.09. The lowest BCUT2D eigenvalue weighted by atomic mass is 10.1. The van der Waals surface area contributed by atoms with Gasteiger partial charge in [-0.05, 0) is 31.2 Å². The summed E-state index contributed by atoms with van der Waals surface area (Å²) in [7, 11) is 0. The van der Waals surface area contributed by atoms with Crippen LogP contribution in [-0.2, 0) is 6.54 Å². The van der Waals surface area contributed by atoms with E-state index in [0.717, 1.165) is 23.3 Å². The van der Waals surface area contributed by atoms with E-state index in [1.165, 1.54) is 12.8 Å². The van der Waals surface area contributed by atoms with Crippen LogP contribution >= 0.6 is 0 Å². The molecule has 0 amide bonds. The van der Waals surface area contributed by atoms with Crippen LogP contribution in [0.4, 0.5) is 0 Å². The number of benzene rings is 1. The lowest BCUT2D eigenvalue weighted by molar-refractivity contribution is 0.0663. The van der Waals surface area contributed by atoms with Crippen LogP contribution in [0.1, 0.15) is 42.3 Å². The van der Waals surface area contributed by atoms with Crippen LogP contribution in [0, 0.1) is 5.92 Å². The summed E-state index contributed by atoms with van der Waals surface area (Å²) in [5, 5.41) is 13.6. The molecule has 1 aliphatic rings. The lowest BCUT2D eigenvalue weighted by Gasteiger charge is -2.11. The highest BCUT2D eigenvalue weighted by atomic mass is 16.4. The second-order valence-electron chi connectivity index (χ2n) is 5.71. The van der Waals surface area contributed by atoms with Crippen LogP contribution < -0.4 is 5.32 Å². The van der Waals surface area contributed by atoms with E-state index in [2.05, 4.69) is 12.2 Å². The smallest absolute Gasteiger partial charge is 0.372 e. The average Bonchev–Trinajstić information content (AvgIpc) is 3.00. The van der Waals surface area contributed by atoms with E-state index >= 15 is 0 Å². The third-order valence-corrected chi connectivity index (χ3v) is 4.15. The molecule has 3 rings (SSSR count). The Hall–Kier alpha value is -1.81. The van der Waals surface area contributed by atoms with Gasteiger partial charge in [0.1, 0.15) is 5.58 Å². The molecule has 2 unspecified atom stereocenters. The fourth-order valence-electron chi connectivity index (χ4n) is 3.09. The minimum atomic E-state index is -1.00. The first kappa shape index (κ1) is 13.2. The van der Waals surface area contributed by atoms with Crippen molar-refractivity contribution in [1.29, 1.82) is 0 Å². The molecule has 1 aliphatic carbocycles. The number of carbonyl (C=O) groups is 1. The summed E-state index contributed by atoms with van der Waals surface area (Å²) in [5.74, 6) is -0.185. The minimum Gasteiger partial charge on any atom is -0.475 e. The van der Waals surface area contributed by atoms with Crippen LogP contribution in [0.3, 0.4) is 0 Å². The molecule has 106 valence electrons. The number of fused-ring (bicyclic) bond motifs is 1. The Bertz CT molecular complexity index is 632. The molecular weight excluding hydrogens is 254 g/mol. The summed E-state index contributed by atoms with van der Waals surface area (Å²) in [5.41, 5.74) is 1.40. The molecule has 0 saturated heterocycles. The third kappa shape index (κ3) is 2.43. The van der Waals surface area contributed by atoms with E-state index in [0.29, 0.717) is 18.2 Å². The van der Waals surface area contributed by atoms with E-state index in [1.54, 1.807) is 0 Å². The van der Waals surface area contributed by atoms with Gasteiger partial charge in [0.15, 0.2) is 0 Å². The van der Waals surface area contributed by atoms with Gasteiger partial charge in [-0.2, -0.15) is 0 Å². The fraction of sp³-hybridized carbons (Fsp3) is 0.438. The Labute approximate surface area is 117 Å². The van der Waals surface area contributed by atoms with Crippen LogP contribution in [-0.4, -0.2) is 17.1 Å². The van der Waals surface area contributed by atoms with Gasteiger partial charge in [0.25, 0.3) is 0 Å². The molecule has 0 spiro atoms. The molecule has 1 aromatic heterocycles. The van der Waals surface area contributed by atoms with E-state index in [4.69, 9.17) is 4.42 Å². The van der Waals surface area contributed by atoms with Crippen molar-refractivity contribution in [1.82, 2.24) is 5.32 Å². The first-order chi connectivity index (χ1) is 9.65. The van der Waals surface area contributed by atoms with Crippen molar-refractivity contribution in [3.63, 3.8) is 0 Å². The highest BCUT2D eigenvalue weighted by Crippen LogP contribution is 2.28. The predicted molar refractivity (Wildman–Crippen MR) is 76.8 cm³/mol. The number of hydrogen-bond acceptors (Lipinski definition) is 3. The molecule has 0 bridgehead atoms. The van der Waals surface area contributed by atoms with Crippen molar-refractivity contribution in [3.8, 4) is 0 Å². The van der Waals surface area contributed by atoms with Crippen molar-refractivity contribution in [3.05, 3.63) is 35.6 Å². The molecule has 2 atom stereocenters. The normalized spacial score (nSPS) is 22.4. The Balaban J connectivity index is 1.85. The zero-order valence-electron chi connectivity index (χ0n) is 11.6. The SMILES string of the molecule is CC1CCC(NCc2c(C(=O)O)oc3ccccc23)C1. The summed E-state index contributed by atoms with van der Waals surface area (Å²) in [6.07, 6.45) is 3.58. The summed E-state index contributed by atoms with van der Waals surface area (Å²) < 4.78 is 5.46. The Morgan fingerprint density at radius 3 is 2.90 bits per heavy atom. The first-order valence-corrected chi connectivity index (χ1v) is 7.12. The molecular formula is C16H19NO3. The van der Waals surface area contributed by atoms with Gasteiger partial charge in [0.2, 0.25) is 5.76 Å². The average molecular weight is 273 g/mol. The third-order valence-electron chi connectivity index (χ3n) is 4.15. The number of aromatic carboxylic acids is 1. The van der Waals surface area contributed by atoms with Crippen LogP contribution in [0.15, 0.2) is 28.7 Å². The Kier molecular flexibility index (Phi) is 3.49. The van der Waals surface area contributed by atoms with Crippen molar-refractivity contribution >= 4 is 16.9 Å². The van der Waals surface area contributed by atoms with Gasteiger partial charge >= 0.3 is 5.97 Å². The maximum absolute atomic E-state index is 11.3. The second kappa shape index (κ2) is 5.29. The number of rotatable bonds is 4. The Morgan fingerprint density at radius 1 is 1.40 bits per heavy atom. The van der Waals surface area contributed by atoms with Gasteiger partial charge in [-0.3, -0.25) is 0 Å². The molecule has 4 heteroatoms. The molecule has 4 nitrogen and oxygen atoms in total. The number of carboxylic acid groups (broad SMARTS) is 1. The number of carboxylic acids is 1. The van der Waals surface area contributed by atoms with Crippen LogP contribution in [0.2, 0.25) is 0 Å². The second-order valence-corrected chi connectivity index (χ2v) is 5.71. The molecule has 0 radical (unpaired) electrons. The maximum Gasteiger partial charge on any atom is 0.372 e. The predicted octanol–water partition coefficient (Wildman–Crippen LogP) is 3.41. The molecule has 1 fully saturated rings. The number of para-hydroxylation sites is 1. The molecule has 1 aromatic carbocycles. The quantitative estimate of drug-likeness (QED) is 0.896. The zero-order chi connectivity index (χ0) is 14.1. The lowest BCUT2D eigenvalue weighted by Crippen LogP contribution is -2.26. The van der Waals surface area contributed by atoms with Crippen molar-refractivity contribution in [2.45, 2.75) is 38.8 Å². The maximum atomic E-state index is 11.3. The monoisotopic (exact) mass is 273 g/mol. The number of hydrogen-bond donors (Lipinski definition) is 2. The largest absolute Gasteiger partial charge is 0.475 e. The van der Waals surface area contributed by atoms with Crippen LogP contribution in [0.25, 0.3) is 11.0 Å². The van der Waals surface area contributed by atoms with Gasteiger partial charge in [0, 0.05) is 23.5 Å². The first-order valence-electron chi connectivity index (χ1n) is 7.12. The summed E-state index contributed by atoms with van der Waals surface area (Å²) >= 11 is 0. The molecule has 2 N–H and O–H groups in total. The summed E-state index contributed by atoms with van der Waals surface area (Å²) in [4.78, 5) is 11.3. The van der Waals surface area contributed by atoms with Crippen LogP contribution in [0.5, 0.6) is 0 Å². The standard InChI is InChI=1S/C16H19NO3/c1-10-6-7-11(8-10)17-9-13-12-4-2-3-5-14(12)20-15(13)16(18)19/h2-5,10-11,17H,6-9H2,1H3,(H,18,19). The van der Waals surface area contributed by atoms with Gasteiger partial charge in [-0.25, -0.2) is 4.79 Å². The summed E-state index contributed by atoms with van der Waals surface area (Å²) in [6, 6.07) is 7.97.